The van der Waals surface area contributed by atoms with E-state index in [2.05, 4.69) is 72.2 Å². The van der Waals surface area contributed by atoms with Crippen LogP contribution in [-0.4, -0.2) is 35.6 Å². The Morgan fingerprint density at radius 1 is 1.00 bits per heavy atom. The average molecular weight is 254 g/mol. The van der Waals surface area contributed by atoms with E-state index in [9.17, 15) is 0 Å². The summed E-state index contributed by atoms with van der Waals surface area (Å²) in [7, 11) is 0. The minimum absolute atomic E-state index is 0.183. The Morgan fingerprint density at radius 3 is 1.83 bits per heavy atom. The second kappa shape index (κ2) is 6.21. The van der Waals surface area contributed by atoms with Gasteiger partial charge in [-0.2, -0.15) is 0 Å². The Morgan fingerprint density at radius 2 is 1.50 bits per heavy atom. The molecule has 0 unspecified atom stereocenters. The topological polar surface area (TPSA) is 15.3 Å². The molecule has 0 saturated heterocycles. The number of rotatable bonds is 6. The van der Waals surface area contributed by atoms with Crippen molar-refractivity contribution in [1.82, 2.24) is 10.2 Å². The van der Waals surface area contributed by atoms with Crippen molar-refractivity contribution in [2.45, 2.75) is 66.5 Å². The molecule has 1 N–H and O–H groups in total. The van der Waals surface area contributed by atoms with Crippen molar-refractivity contribution in [3.8, 4) is 0 Å². The van der Waals surface area contributed by atoms with Crippen LogP contribution in [0.3, 0.4) is 0 Å². The van der Waals surface area contributed by atoms with Crippen LogP contribution in [0, 0.1) is 5.41 Å². The first kappa shape index (κ1) is 17.7. The fourth-order valence-electron chi connectivity index (χ4n) is 1.81. The van der Waals surface area contributed by atoms with Gasteiger partial charge in [-0.1, -0.05) is 19.9 Å². The van der Waals surface area contributed by atoms with E-state index in [1.165, 1.54) is 0 Å². The number of nitrogens with zero attached hydrogens (tertiary/aromatic N) is 1. The summed E-state index contributed by atoms with van der Waals surface area (Å²) in [6, 6.07) is 0. The van der Waals surface area contributed by atoms with Crippen LogP contribution < -0.4 is 5.32 Å². The van der Waals surface area contributed by atoms with Crippen molar-refractivity contribution in [2.24, 2.45) is 5.41 Å². The van der Waals surface area contributed by atoms with Gasteiger partial charge in [-0.3, -0.25) is 4.90 Å². The first-order chi connectivity index (χ1) is 7.87. The lowest BCUT2D eigenvalue weighted by Crippen LogP contribution is -2.50. The summed E-state index contributed by atoms with van der Waals surface area (Å²) in [4.78, 5) is 2.49. The molecule has 0 heterocycles. The molecule has 108 valence electrons. The van der Waals surface area contributed by atoms with Gasteiger partial charge in [0.2, 0.25) is 0 Å². The van der Waals surface area contributed by atoms with Crippen LogP contribution in [-0.2, 0) is 0 Å². The summed E-state index contributed by atoms with van der Waals surface area (Å²) in [5.74, 6) is 0. The van der Waals surface area contributed by atoms with Crippen molar-refractivity contribution in [2.75, 3.05) is 19.6 Å². The van der Waals surface area contributed by atoms with E-state index >= 15 is 0 Å². The van der Waals surface area contributed by atoms with Crippen molar-refractivity contribution in [3.63, 3.8) is 0 Å². The molecule has 0 aromatic rings. The zero-order chi connectivity index (χ0) is 14.6. The van der Waals surface area contributed by atoms with Gasteiger partial charge in [0.05, 0.1) is 0 Å². The molecular weight excluding hydrogens is 220 g/mol. The molecule has 0 fully saturated rings. The molecule has 0 aromatic heterocycles. The molecule has 18 heavy (non-hydrogen) atoms. The fourth-order valence-corrected chi connectivity index (χ4v) is 1.81. The highest BCUT2D eigenvalue weighted by atomic mass is 15.2. The van der Waals surface area contributed by atoms with Gasteiger partial charge in [-0.15, -0.1) is 6.58 Å². The molecule has 0 rings (SSSR count). The second-order valence-electron chi connectivity index (χ2n) is 8.11. The van der Waals surface area contributed by atoms with Gasteiger partial charge in [0.15, 0.2) is 0 Å². The SMILES string of the molecule is C=CCN(CC(C)(C)CNC(C)(C)C)C(C)(C)C. The normalized spacial score (nSPS) is 14.1. The van der Waals surface area contributed by atoms with Gasteiger partial charge < -0.3 is 5.32 Å². The molecular formula is C16H34N2. The smallest absolute Gasteiger partial charge is 0.0166 e. The standard InChI is InChI=1S/C16H34N2/c1-10-11-18(15(5,6)7)13-16(8,9)12-17-14(2,3)4/h10,17H,1,11-13H2,2-9H3. The summed E-state index contributed by atoms with van der Waals surface area (Å²) in [5, 5.41) is 3.61. The van der Waals surface area contributed by atoms with E-state index in [-0.39, 0.29) is 16.5 Å². The molecule has 0 bridgehead atoms. The molecule has 0 radical (unpaired) electrons. The van der Waals surface area contributed by atoms with Gasteiger partial charge in [-0.25, -0.2) is 0 Å². The summed E-state index contributed by atoms with van der Waals surface area (Å²) in [6.07, 6.45) is 2.00. The van der Waals surface area contributed by atoms with Gasteiger partial charge >= 0.3 is 0 Å². The molecule has 0 atom stereocenters. The highest BCUT2D eigenvalue weighted by Gasteiger charge is 2.28. The Hall–Kier alpha value is -0.340. The average Bonchev–Trinajstić information content (AvgIpc) is 2.12. The zero-order valence-corrected chi connectivity index (χ0v) is 13.9. The third-order valence-electron chi connectivity index (χ3n) is 3.01. The predicted octanol–water partition coefficient (Wildman–Crippen LogP) is 3.69. The van der Waals surface area contributed by atoms with Crippen molar-refractivity contribution in [1.29, 1.82) is 0 Å². The number of hydrogen-bond acceptors (Lipinski definition) is 2. The Bertz CT molecular complexity index is 253. The molecule has 0 amide bonds. The lowest BCUT2D eigenvalue weighted by atomic mass is 9.89. The van der Waals surface area contributed by atoms with E-state index < -0.39 is 0 Å². The van der Waals surface area contributed by atoms with Crippen molar-refractivity contribution < 1.29 is 0 Å². The third-order valence-corrected chi connectivity index (χ3v) is 3.01. The summed E-state index contributed by atoms with van der Waals surface area (Å²) >= 11 is 0. The van der Waals surface area contributed by atoms with Crippen LogP contribution in [0.2, 0.25) is 0 Å². The minimum atomic E-state index is 0.183. The summed E-state index contributed by atoms with van der Waals surface area (Å²) < 4.78 is 0. The maximum atomic E-state index is 3.87. The molecule has 2 nitrogen and oxygen atoms in total. The van der Waals surface area contributed by atoms with Crippen molar-refractivity contribution >= 4 is 0 Å². The fraction of sp³-hybridized carbons (Fsp3) is 0.875. The first-order valence-electron chi connectivity index (χ1n) is 6.98. The van der Waals surface area contributed by atoms with Gasteiger partial charge in [0, 0.05) is 30.7 Å². The van der Waals surface area contributed by atoms with E-state index in [4.69, 9.17) is 0 Å². The largest absolute Gasteiger partial charge is 0.311 e. The van der Waals surface area contributed by atoms with Gasteiger partial charge in [-0.05, 0) is 47.0 Å². The first-order valence-corrected chi connectivity index (χ1v) is 6.98. The quantitative estimate of drug-likeness (QED) is 0.727. The van der Waals surface area contributed by atoms with E-state index in [1.807, 2.05) is 6.08 Å². The van der Waals surface area contributed by atoms with Crippen LogP contribution in [0.4, 0.5) is 0 Å². The highest BCUT2D eigenvalue weighted by molar-refractivity contribution is 4.88. The second-order valence-corrected chi connectivity index (χ2v) is 8.11. The monoisotopic (exact) mass is 254 g/mol. The zero-order valence-electron chi connectivity index (χ0n) is 13.9. The van der Waals surface area contributed by atoms with Crippen LogP contribution in [0.1, 0.15) is 55.4 Å². The van der Waals surface area contributed by atoms with Crippen molar-refractivity contribution in [3.05, 3.63) is 12.7 Å². The Labute approximate surface area is 115 Å². The molecule has 0 saturated carbocycles. The molecule has 0 spiro atoms. The van der Waals surface area contributed by atoms with Crippen LogP contribution in [0.25, 0.3) is 0 Å². The summed E-state index contributed by atoms with van der Waals surface area (Å²) in [6.45, 7) is 25.0. The highest BCUT2D eigenvalue weighted by Crippen LogP contribution is 2.23. The van der Waals surface area contributed by atoms with E-state index in [0.717, 1.165) is 19.6 Å². The summed E-state index contributed by atoms with van der Waals surface area (Å²) in [5.41, 5.74) is 0.624. The lowest BCUT2D eigenvalue weighted by Gasteiger charge is -2.41. The van der Waals surface area contributed by atoms with E-state index in [0.29, 0.717) is 0 Å². The molecule has 2 heteroatoms. The van der Waals surface area contributed by atoms with Crippen LogP contribution in [0.5, 0.6) is 0 Å². The van der Waals surface area contributed by atoms with Crippen LogP contribution >= 0.6 is 0 Å². The Balaban J connectivity index is 4.55. The maximum absolute atomic E-state index is 3.87. The van der Waals surface area contributed by atoms with Gasteiger partial charge in [0.25, 0.3) is 0 Å². The van der Waals surface area contributed by atoms with Gasteiger partial charge in [0.1, 0.15) is 0 Å². The molecule has 0 aliphatic rings. The molecule has 0 aromatic carbocycles. The maximum Gasteiger partial charge on any atom is 0.0166 e. The number of hydrogen-bond donors (Lipinski definition) is 1. The third kappa shape index (κ3) is 7.88. The van der Waals surface area contributed by atoms with Crippen LogP contribution in [0.15, 0.2) is 12.7 Å². The molecule has 0 aliphatic heterocycles. The Kier molecular flexibility index (Phi) is 6.09. The minimum Gasteiger partial charge on any atom is -0.311 e. The number of nitrogens with one attached hydrogen (secondary N) is 1. The molecule has 0 aliphatic carbocycles. The predicted molar refractivity (Wildman–Crippen MR) is 83.1 cm³/mol. The lowest BCUT2D eigenvalue weighted by molar-refractivity contribution is 0.0936. The van der Waals surface area contributed by atoms with E-state index in [1.54, 1.807) is 0 Å².